The Morgan fingerprint density at radius 3 is 2.03 bits per heavy atom. The Morgan fingerprint density at radius 1 is 0.727 bits per heavy atom. The highest BCUT2D eigenvalue weighted by Crippen LogP contribution is 2.29. The summed E-state index contributed by atoms with van der Waals surface area (Å²) in [5.74, 6) is 0.479. The van der Waals surface area contributed by atoms with E-state index in [0.29, 0.717) is 18.1 Å². The first kappa shape index (κ1) is 22.7. The summed E-state index contributed by atoms with van der Waals surface area (Å²) in [4.78, 5) is 8.55. The number of nitrogens with zero attached hydrogens (tertiary/aromatic N) is 2. The van der Waals surface area contributed by atoms with Crippen molar-refractivity contribution >= 4 is 23.4 Å². The molecule has 0 radical (unpaired) electrons. The van der Waals surface area contributed by atoms with Crippen molar-refractivity contribution in [2.45, 2.75) is 26.3 Å². The fourth-order valence-electron chi connectivity index (χ4n) is 3.55. The maximum atomic E-state index is 6.22. The predicted molar refractivity (Wildman–Crippen MR) is 133 cm³/mol. The van der Waals surface area contributed by atoms with Crippen LogP contribution in [0.2, 0.25) is 5.02 Å². The number of rotatable bonds is 9. The third-order valence-corrected chi connectivity index (χ3v) is 5.45. The standard InChI is InChI=1S/C26H26ClN5O/c27-22-12-8-19(9-13-22)15-30-14-18-6-10-21(11-7-18)24-23(31-26(29)32-25(24)28)17-33-16-20-4-2-1-3-5-20/h1-13,30H,14-17H2,(H4,28,29,31,32). The van der Waals surface area contributed by atoms with Crippen LogP contribution in [0.4, 0.5) is 11.8 Å². The van der Waals surface area contributed by atoms with Gasteiger partial charge in [-0.25, -0.2) is 4.98 Å². The third-order valence-electron chi connectivity index (χ3n) is 5.19. The van der Waals surface area contributed by atoms with Gasteiger partial charge in [-0.1, -0.05) is 78.3 Å². The van der Waals surface area contributed by atoms with Crippen molar-refractivity contribution in [3.05, 3.63) is 106 Å². The Morgan fingerprint density at radius 2 is 1.36 bits per heavy atom. The average molecular weight is 460 g/mol. The highest BCUT2D eigenvalue weighted by Gasteiger charge is 2.14. The molecule has 5 N–H and O–H groups in total. The molecule has 0 saturated heterocycles. The molecular weight excluding hydrogens is 434 g/mol. The van der Waals surface area contributed by atoms with Crippen LogP contribution in [0.1, 0.15) is 22.4 Å². The molecule has 0 amide bonds. The molecule has 1 heterocycles. The maximum absolute atomic E-state index is 6.22. The van der Waals surface area contributed by atoms with Crippen LogP contribution >= 0.6 is 11.6 Å². The van der Waals surface area contributed by atoms with Crippen molar-refractivity contribution in [3.63, 3.8) is 0 Å². The molecule has 168 valence electrons. The molecule has 0 bridgehead atoms. The lowest BCUT2D eigenvalue weighted by Gasteiger charge is -2.13. The number of anilines is 2. The van der Waals surface area contributed by atoms with Crippen LogP contribution in [0.15, 0.2) is 78.9 Å². The van der Waals surface area contributed by atoms with Gasteiger partial charge in [0.05, 0.1) is 18.9 Å². The molecule has 0 aliphatic rings. The van der Waals surface area contributed by atoms with Crippen LogP contribution in [0.25, 0.3) is 11.1 Å². The molecule has 0 saturated carbocycles. The van der Waals surface area contributed by atoms with Gasteiger partial charge in [0, 0.05) is 23.7 Å². The third kappa shape index (κ3) is 6.29. The smallest absolute Gasteiger partial charge is 0.222 e. The van der Waals surface area contributed by atoms with Crippen LogP contribution in [0, 0.1) is 0 Å². The minimum Gasteiger partial charge on any atom is -0.383 e. The molecule has 4 aromatic rings. The van der Waals surface area contributed by atoms with Gasteiger partial charge in [0.25, 0.3) is 0 Å². The Balaban J connectivity index is 1.42. The first-order valence-electron chi connectivity index (χ1n) is 10.7. The number of nitrogen functional groups attached to an aromatic ring is 2. The van der Waals surface area contributed by atoms with E-state index in [-0.39, 0.29) is 12.6 Å². The summed E-state index contributed by atoms with van der Waals surface area (Å²) in [6, 6.07) is 26.0. The number of hydrogen-bond acceptors (Lipinski definition) is 6. The summed E-state index contributed by atoms with van der Waals surface area (Å²) in [5.41, 5.74) is 17.8. The van der Waals surface area contributed by atoms with Gasteiger partial charge in [0.2, 0.25) is 5.95 Å². The van der Waals surface area contributed by atoms with Gasteiger partial charge in [-0.2, -0.15) is 4.98 Å². The molecule has 6 nitrogen and oxygen atoms in total. The monoisotopic (exact) mass is 459 g/mol. The van der Waals surface area contributed by atoms with E-state index < -0.39 is 0 Å². The minimum absolute atomic E-state index is 0.137. The first-order valence-corrected chi connectivity index (χ1v) is 11.0. The van der Waals surface area contributed by atoms with E-state index in [0.717, 1.165) is 40.4 Å². The second-order valence-corrected chi connectivity index (χ2v) is 8.13. The zero-order chi connectivity index (χ0) is 23.0. The Bertz CT molecular complexity index is 1180. The second-order valence-electron chi connectivity index (χ2n) is 7.69. The average Bonchev–Trinajstić information content (AvgIpc) is 2.81. The molecule has 0 aliphatic carbocycles. The molecule has 7 heteroatoms. The minimum atomic E-state index is 0.137. The van der Waals surface area contributed by atoms with Crippen LogP contribution in [0.5, 0.6) is 0 Å². The summed E-state index contributed by atoms with van der Waals surface area (Å²) >= 11 is 5.94. The van der Waals surface area contributed by atoms with Crippen molar-refractivity contribution < 1.29 is 4.74 Å². The van der Waals surface area contributed by atoms with E-state index in [1.54, 1.807) is 0 Å². The zero-order valence-corrected chi connectivity index (χ0v) is 18.9. The summed E-state index contributed by atoms with van der Waals surface area (Å²) in [6.45, 7) is 2.26. The fourth-order valence-corrected chi connectivity index (χ4v) is 3.67. The normalized spacial score (nSPS) is 10.9. The van der Waals surface area contributed by atoms with Gasteiger partial charge in [-0.15, -0.1) is 0 Å². The van der Waals surface area contributed by atoms with Gasteiger partial charge in [-0.3, -0.25) is 0 Å². The molecule has 0 atom stereocenters. The van der Waals surface area contributed by atoms with Crippen molar-refractivity contribution in [3.8, 4) is 11.1 Å². The molecule has 33 heavy (non-hydrogen) atoms. The van der Waals surface area contributed by atoms with Crippen LogP contribution in [-0.4, -0.2) is 9.97 Å². The van der Waals surface area contributed by atoms with E-state index in [2.05, 4.69) is 27.4 Å². The predicted octanol–water partition coefficient (Wildman–Crippen LogP) is 4.97. The van der Waals surface area contributed by atoms with Gasteiger partial charge in [0.1, 0.15) is 5.82 Å². The zero-order valence-electron chi connectivity index (χ0n) is 18.2. The van der Waals surface area contributed by atoms with Gasteiger partial charge >= 0.3 is 0 Å². The van der Waals surface area contributed by atoms with Crippen molar-refractivity contribution in [1.29, 1.82) is 0 Å². The summed E-state index contributed by atoms with van der Waals surface area (Å²) < 4.78 is 5.88. The lowest BCUT2D eigenvalue weighted by atomic mass is 10.0. The van der Waals surface area contributed by atoms with Gasteiger partial charge in [-0.05, 0) is 34.4 Å². The number of halogens is 1. The number of nitrogens with two attached hydrogens (primary N) is 2. The van der Waals surface area contributed by atoms with E-state index in [9.17, 15) is 0 Å². The largest absolute Gasteiger partial charge is 0.383 e. The van der Waals surface area contributed by atoms with Crippen LogP contribution < -0.4 is 16.8 Å². The van der Waals surface area contributed by atoms with Crippen LogP contribution in [-0.2, 0) is 31.0 Å². The molecular formula is C26H26ClN5O. The van der Waals surface area contributed by atoms with E-state index >= 15 is 0 Å². The molecule has 1 aromatic heterocycles. The van der Waals surface area contributed by atoms with Crippen LogP contribution in [0.3, 0.4) is 0 Å². The number of ether oxygens (including phenoxy) is 1. The number of hydrogen-bond donors (Lipinski definition) is 3. The van der Waals surface area contributed by atoms with E-state index in [4.69, 9.17) is 27.8 Å². The molecule has 4 rings (SSSR count). The highest BCUT2D eigenvalue weighted by molar-refractivity contribution is 6.30. The quantitative estimate of drug-likeness (QED) is 0.327. The van der Waals surface area contributed by atoms with Crippen molar-refractivity contribution in [2.75, 3.05) is 11.5 Å². The summed E-state index contributed by atoms with van der Waals surface area (Å²) in [5, 5.41) is 4.18. The molecule has 3 aromatic carbocycles. The molecule has 0 spiro atoms. The molecule has 0 fully saturated rings. The van der Waals surface area contributed by atoms with Gasteiger partial charge < -0.3 is 21.5 Å². The lowest BCUT2D eigenvalue weighted by molar-refractivity contribution is 0.105. The Kier molecular flexibility index (Phi) is 7.52. The van der Waals surface area contributed by atoms with Crippen molar-refractivity contribution in [1.82, 2.24) is 15.3 Å². The SMILES string of the molecule is Nc1nc(N)c(-c2ccc(CNCc3ccc(Cl)cc3)cc2)c(COCc2ccccc2)n1. The lowest BCUT2D eigenvalue weighted by Crippen LogP contribution is -2.12. The Hall–Kier alpha value is -3.45. The second kappa shape index (κ2) is 10.9. The topological polar surface area (TPSA) is 99.1 Å². The summed E-state index contributed by atoms with van der Waals surface area (Å²) in [6.07, 6.45) is 0. The number of benzene rings is 3. The molecule has 0 unspecified atom stereocenters. The number of nitrogens with one attached hydrogen (secondary N) is 1. The van der Waals surface area contributed by atoms with E-state index in [1.165, 1.54) is 5.56 Å². The summed E-state index contributed by atoms with van der Waals surface area (Å²) in [7, 11) is 0. The van der Waals surface area contributed by atoms with E-state index in [1.807, 2.05) is 66.7 Å². The van der Waals surface area contributed by atoms with Crippen molar-refractivity contribution in [2.24, 2.45) is 0 Å². The molecule has 0 aliphatic heterocycles. The van der Waals surface area contributed by atoms with Gasteiger partial charge in [0.15, 0.2) is 0 Å². The highest BCUT2D eigenvalue weighted by atomic mass is 35.5. The fraction of sp³-hybridized carbons (Fsp3) is 0.154. The maximum Gasteiger partial charge on any atom is 0.222 e. The first-order chi connectivity index (χ1) is 16.1. The Labute approximate surface area is 198 Å². The number of aromatic nitrogens is 2.